The van der Waals surface area contributed by atoms with Gasteiger partial charge in [0, 0.05) is 26.2 Å². The molecular formula is C11H16FNO2. The predicted octanol–water partition coefficient (Wildman–Crippen LogP) is 2.13. The van der Waals surface area contributed by atoms with Crippen molar-refractivity contribution in [2.45, 2.75) is 13.3 Å². The van der Waals surface area contributed by atoms with Crippen LogP contribution < -0.4 is 10.5 Å². The Morgan fingerprint density at radius 2 is 2.07 bits per heavy atom. The summed E-state index contributed by atoms with van der Waals surface area (Å²) in [5.74, 6) is 0.224. The van der Waals surface area contributed by atoms with Crippen molar-refractivity contribution >= 4 is 5.69 Å². The lowest BCUT2D eigenvalue weighted by Gasteiger charge is -2.10. The normalized spacial score (nSPS) is 10.3. The number of nitrogens with two attached hydrogens (primary N) is 1. The van der Waals surface area contributed by atoms with Crippen molar-refractivity contribution in [3.8, 4) is 5.75 Å². The maximum atomic E-state index is 13.0. The largest absolute Gasteiger partial charge is 0.493 e. The average molecular weight is 213 g/mol. The molecule has 0 radical (unpaired) electrons. The zero-order valence-electron chi connectivity index (χ0n) is 9.05. The van der Waals surface area contributed by atoms with E-state index in [-0.39, 0.29) is 5.69 Å². The van der Waals surface area contributed by atoms with Gasteiger partial charge in [0.25, 0.3) is 0 Å². The van der Waals surface area contributed by atoms with Crippen LogP contribution in [0.15, 0.2) is 12.1 Å². The second kappa shape index (κ2) is 5.56. The molecule has 84 valence electrons. The fraction of sp³-hybridized carbons (Fsp3) is 0.455. The first-order valence-electron chi connectivity index (χ1n) is 4.82. The summed E-state index contributed by atoms with van der Waals surface area (Å²) in [7, 11) is 1.64. The minimum absolute atomic E-state index is 0.113. The van der Waals surface area contributed by atoms with Gasteiger partial charge in [0.15, 0.2) is 0 Å². The van der Waals surface area contributed by atoms with Crippen LogP contribution in [0.25, 0.3) is 0 Å². The van der Waals surface area contributed by atoms with Gasteiger partial charge in [-0.15, -0.1) is 0 Å². The van der Waals surface area contributed by atoms with Crippen LogP contribution in [-0.4, -0.2) is 20.3 Å². The van der Waals surface area contributed by atoms with E-state index in [1.165, 1.54) is 12.1 Å². The summed E-state index contributed by atoms with van der Waals surface area (Å²) < 4.78 is 23.3. The summed E-state index contributed by atoms with van der Waals surface area (Å²) in [6, 6.07) is 2.89. The van der Waals surface area contributed by atoms with E-state index in [9.17, 15) is 4.39 Å². The van der Waals surface area contributed by atoms with E-state index in [1.807, 2.05) is 0 Å². The van der Waals surface area contributed by atoms with Crippen molar-refractivity contribution < 1.29 is 13.9 Å². The molecule has 4 heteroatoms. The molecule has 0 aliphatic heterocycles. The molecule has 0 bridgehead atoms. The summed E-state index contributed by atoms with van der Waals surface area (Å²) in [6.07, 6.45) is 0.799. The van der Waals surface area contributed by atoms with Crippen molar-refractivity contribution in [3.05, 3.63) is 23.5 Å². The summed E-state index contributed by atoms with van der Waals surface area (Å²) in [5.41, 5.74) is 6.30. The first-order chi connectivity index (χ1) is 7.15. The molecule has 0 spiro atoms. The van der Waals surface area contributed by atoms with Gasteiger partial charge < -0.3 is 15.2 Å². The minimum Gasteiger partial charge on any atom is -0.493 e. The minimum atomic E-state index is -0.406. The SMILES string of the molecule is COCCCOc1cc(N)c(F)cc1C. The van der Waals surface area contributed by atoms with Gasteiger partial charge in [0.2, 0.25) is 0 Å². The first kappa shape index (κ1) is 11.8. The van der Waals surface area contributed by atoms with Gasteiger partial charge in [0.05, 0.1) is 12.3 Å². The second-order valence-electron chi connectivity index (χ2n) is 3.33. The molecule has 0 fully saturated rings. The quantitative estimate of drug-likeness (QED) is 0.602. The molecule has 0 saturated heterocycles. The van der Waals surface area contributed by atoms with Crippen LogP contribution in [-0.2, 0) is 4.74 Å². The number of aryl methyl sites for hydroxylation is 1. The maximum absolute atomic E-state index is 13.0. The standard InChI is InChI=1S/C11H16FNO2/c1-8-6-9(12)10(13)7-11(8)15-5-3-4-14-2/h6-7H,3-5,13H2,1-2H3. The molecule has 15 heavy (non-hydrogen) atoms. The Kier molecular flexibility index (Phi) is 4.37. The average Bonchev–Trinajstić information content (AvgIpc) is 2.20. The molecule has 3 nitrogen and oxygen atoms in total. The van der Waals surface area contributed by atoms with Crippen molar-refractivity contribution in [1.82, 2.24) is 0 Å². The zero-order valence-corrected chi connectivity index (χ0v) is 9.05. The number of anilines is 1. The lowest BCUT2D eigenvalue weighted by Crippen LogP contribution is -2.03. The summed E-state index contributed by atoms with van der Waals surface area (Å²) >= 11 is 0. The van der Waals surface area contributed by atoms with Crippen LogP contribution in [0.2, 0.25) is 0 Å². The van der Waals surface area contributed by atoms with E-state index in [1.54, 1.807) is 14.0 Å². The number of methoxy groups -OCH3 is 1. The monoisotopic (exact) mass is 213 g/mol. The first-order valence-corrected chi connectivity index (χ1v) is 4.82. The molecule has 0 saturated carbocycles. The zero-order chi connectivity index (χ0) is 11.3. The Morgan fingerprint density at radius 1 is 1.33 bits per heavy atom. The van der Waals surface area contributed by atoms with Gasteiger partial charge in [-0.1, -0.05) is 0 Å². The Bertz CT molecular complexity index is 329. The highest BCUT2D eigenvalue weighted by Gasteiger charge is 2.05. The lowest BCUT2D eigenvalue weighted by molar-refractivity contribution is 0.172. The molecular weight excluding hydrogens is 197 g/mol. The highest BCUT2D eigenvalue weighted by Crippen LogP contribution is 2.23. The second-order valence-corrected chi connectivity index (χ2v) is 3.33. The molecule has 0 aromatic heterocycles. The summed E-state index contributed by atoms with van der Waals surface area (Å²) in [4.78, 5) is 0. The van der Waals surface area contributed by atoms with Crippen molar-refractivity contribution in [2.24, 2.45) is 0 Å². The summed E-state index contributed by atoms with van der Waals surface area (Å²) in [5, 5.41) is 0. The van der Waals surface area contributed by atoms with Gasteiger partial charge in [0.1, 0.15) is 11.6 Å². The number of rotatable bonds is 5. The molecule has 0 aliphatic carbocycles. The highest BCUT2D eigenvalue weighted by molar-refractivity contribution is 5.49. The van der Waals surface area contributed by atoms with Gasteiger partial charge >= 0.3 is 0 Å². The third-order valence-electron chi connectivity index (χ3n) is 2.04. The van der Waals surface area contributed by atoms with Gasteiger partial charge in [-0.25, -0.2) is 4.39 Å². The van der Waals surface area contributed by atoms with Crippen LogP contribution in [0.3, 0.4) is 0 Å². The van der Waals surface area contributed by atoms with Crippen LogP contribution in [0.4, 0.5) is 10.1 Å². The van der Waals surface area contributed by atoms with E-state index < -0.39 is 5.82 Å². The van der Waals surface area contributed by atoms with E-state index in [4.69, 9.17) is 15.2 Å². The van der Waals surface area contributed by atoms with Crippen molar-refractivity contribution in [1.29, 1.82) is 0 Å². The number of ether oxygens (including phenoxy) is 2. The topological polar surface area (TPSA) is 44.5 Å². The molecule has 0 unspecified atom stereocenters. The highest BCUT2D eigenvalue weighted by atomic mass is 19.1. The number of benzene rings is 1. The number of hydrogen-bond donors (Lipinski definition) is 1. The smallest absolute Gasteiger partial charge is 0.146 e. The van der Waals surface area contributed by atoms with Gasteiger partial charge in [-0.2, -0.15) is 0 Å². The molecule has 1 aromatic rings. The third kappa shape index (κ3) is 3.40. The fourth-order valence-corrected chi connectivity index (χ4v) is 1.21. The molecule has 1 aromatic carbocycles. The molecule has 0 atom stereocenters. The van der Waals surface area contributed by atoms with Crippen LogP contribution >= 0.6 is 0 Å². The number of nitrogen functional groups attached to an aromatic ring is 1. The van der Waals surface area contributed by atoms with E-state index in [2.05, 4.69) is 0 Å². The molecule has 0 heterocycles. The Balaban J connectivity index is 2.57. The van der Waals surface area contributed by atoms with Crippen LogP contribution in [0, 0.1) is 12.7 Å². The van der Waals surface area contributed by atoms with E-state index in [0.29, 0.717) is 19.0 Å². The van der Waals surface area contributed by atoms with E-state index in [0.717, 1.165) is 12.0 Å². The Morgan fingerprint density at radius 3 is 2.73 bits per heavy atom. The molecule has 0 aliphatic rings. The Labute approximate surface area is 89.0 Å². The maximum Gasteiger partial charge on any atom is 0.146 e. The van der Waals surface area contributed by atoms with Crippen molar-refractivity contribution in [3.63, 3.8) is 0 Å². The predicted molar refractivity (Wildman–Crippen MR) is 57.5 cm³/mol. The lowest BCUT2D eigenvalue weighted by atomic mass is 10.2. The molecule has 0 amide bonds. The van der Waals surface area contributed by atoms with Gasteiger partial charge in [-0.3, -0.25) is 0 Å². The van der Waals surface area contributed by atoms with Crippen LogP contribution in [0.1, 0.15) is 12.0 Å². The fourth-order valence-electron chi connectivity index (χ4n) is 1.21. The van der Waals surface area contributed by atoms with Crippen LogP contribution in [0.5, 0.6) is 5.75 Å². The summed E-state index contributed by atoms with van der Waals surface area (Å²) in [6.45, 7) is 2.98. The Hall–Kier alpha value is -1.29. The van der Waals surface area contributed by atoms with Gasteiger partial charge in [-0.05, 0) is 18.6 Å². The third-order valence-corrected chi connectivity index (χ3v) is 2.04. The van der Waals surface area contributed by atoms with Crippen molar-refractivity contribution in [2.75, 3.05) is 26.1 Å². The molecule has 1 rings (SSSR count). The van der Waals surface area contributed by atoms with E-state index >= 15 is 0 Å². The number of halogens is 1. The number of hydrogen-bond acceptors (Lipinski definition) is 3. The molecule has 2 N–H and O–H groups in total.